The summed E-state index contributed by atoms with van der Waals surface area (Å²) < 4.78 is 15.4. The molecule has 3 aromatic rings. The Morgan fingerprint density at radius 2 is 2.00 bits per heavy atom. The van der Waals surface area contributed by atoms with Gasteiger partial charge in [-0.25, -0.2) is 4.79 Å². The Balaban J connectivity index is 1.63. The minimum absolute atomic E-state index is 0.0566. The minimum Gasteiger partial charge on any atom is -0.497 e. The van der Waals surface area contributed by atoms with E-state index in [1.54, 1.807) is 13.2 Å². The highest BCUT2D eigenvalue weighted by molar-refractivity contribution is 7.13. The first-order valence-corrected chi connectivity index (χ1v) is 7.68. The van der Waals surface area contributed by atoms with E-state index in [1.807, 2.05) is 37.3 Å². The lowest BCUT2D eigenvalue weighted by atomic mass is 10.2. The molecule has 0 aliphatic carbocycles. The number of hydrogen-bond donors (Lipinski definition) is 0. The largest absolute Gasteiger partial charge is 0.497 e. The molecule has 0 N–H and O–H groups in total. The number of thiophene rings is 1. The van der Waals surface area contributed by atoms with Gasteiger partial charge in [-0.3, -0.25) is 0 Å². The molecule has 118 valence electrons. The average Bonchev–Trinajstić information content (AvgIpc) is 3.22. The molecule has 6 nitrogen and oxygen atoms in total. The molecular weight excluding hydrogens is 316 g/mol. The Hall–Kier alpha value is -2.67. The molecule has 0 unspecified atom stereocenters. The van der Waals surface area contributed by atoms with E-state index in [-0.39, 0.29) is 12.5 Å². The second-order valence-electron chi connectivity index (χ2n) is 4.73. The molecule has 1 aromatic carbocycles. The Bertz CT molecular complexity index is 808. The first kappa shape index (κ1) is 15.2. The lowest BCUT2D eigenvalue weighted by Gasteiger charge is -1.99. The number of nitrogens with zero attached hydrogens (tertiary/aromatic N) is 2. The molecule has 0 bridgehead atoms. The molecule has 0 saturated heterocycles. The summed E-state index contributed by atoms with van der Waals surface area (Å²) in [7, 11) is 1.60. The van der Waals surface area contributed by atoms with Crippen molar-refractivity contribution >= 4 is 17.3 Å². The van der Waals surface area contributed by atoms with Crippen LogP contribution in [0.3, 0.4) is 0 Å². The van der Waals surface area contributed by atoms with Crippen molar-refractivity contribution in [3.8, 4) is 17.1 Å². The second-order valence-corrected chi connectivity index (χ2v) is 6.01. The van der Waals surface area contributed by atoms with Crippen LogP contribution in [0, 0.1) is 6.92 Å². The number of hydrogen-bond acceptors (Lipinski definition) is 7. The van der Waals surface area contributed by atoms with Gasteiger partial charge < -0.3 is 14.0 Å². The van der Waals surface area contributed by atoms with E-state index < -0.39 is 5.97 Å². The van der Waals surface area contributed by atoms with Crippen molar-refractivity contribution in [3.63, 3.8) is 0 Å². The second kappa shape index (κ2) is 6.62. The van der Waals surface area contributed by atoms with Gasteiger partial charge >= 0.3 is 5.97 Å². The van der Waals surface area contributed by atoms with Crippen LogP contribution in [0.1, 0.15) is 20.4 Å². The lowest BCUT2D eigenvalue weighted by molar-refractivity contribution is 0.0435. The summed E-state index contributed by atoms with van der Waals surface area (Å²) in [6.07, 6.45) is 0. The van der Waals surface area contributed by atoms with Crippen LogP contribution in [0.15, 0.2) is 40.9 Å². The highest BCUT2D eigenvalue weighted by atomic mass is 32.1. The minimum atomic E-state index is -0.396. The molecule has 0 spiro atoms. The molecule has 0 saturated carbocycles. The van der Waals surface area contributed by atoms with Crippen LogP contribution in [0.2, 0.25) is 0 Å². The Morgan fingerprint density at radius 1 is 1.22 bits per heavy atom. The molecule has 2 aromatic heterocycles. The van der Waals surface area contributed by atoms with Gasteiger partial charge in [0.25, 0.3) is 5.89 Å². The van der Waals surface area contributed by atoms with E-state index in [0.717, 1.165) is 16.2 Å². The first-order chi connectivity index (χ1) is 11.2. The lowest BCUT2D eigenvalue weighted by Crippen LogP contribution is -2.03. The summed E-state index contributed by atoms with van der Waals surface area (Å²) in [5, 5.41) is 3.88. The van der Waals surface area contributed by atoms with Crippen LogP contribution >= 0.6 is 11.3 Å². The Morgan fingerprint density at radius 3 is 2.65 bits per heavy atom. The number of rotatable bonds is 5. The van der Waals surface area contributed by atoms with Crippen molar-refractivity contribution in [1.82, 2.24) is 10.1 Å². The summed E-state index contributed by atoms with van der Waals surface area (Å²) in [6, 6.07) is 10.9. The van der Waals surface area contributed by atoms with Gasteiger partial charge in [0, 0.05) is 10.4 Å². The predicted molar refractivity (Wildman–Crippen MR) is 84.5 cm³/mol. The monoisotopic (exact) mass is 330 g/mol. The quantitative estimate of drug-likeness (QED) is 0.667. The third-order valence-corrected chi connectivity index (χ3v) is 4.07. The number of esters is 1. The van der Waals surface area contributed by atoms with Crippen molar-refractivity contribution in [2.45, 2.75) is 13.5 Å². The number of ether oxygens (including phenoxy) is 2. The van der Waals surface area contributed by atoms with Gasteiger partial charge in [-0.05, 0) is 43.3 Å². The molecule has 7 heteroatoms. The van der Waals surface area contributed by atoms with Crippen LogP contribution in [0.25, 0.3) is 11.4 Å². The Kier molecular flexibility index (Phi) is 4.38. The Labute approximate surface area is 136 Å². The van der Waals surface area contributed by atoms with Crippen LogP contribution in [-0.4, -0.2) is 23.2 Å². The van der Waals surface area contributed by atoms with Crippen molar-refractivity contribution in [3.05, 3.63) is 52.0 Å². The van der Waals surface area contributed by atoms with Gasteiger partial charge in [-0.2, -0.15) is 4.98 Å². The zero-order chi connectivity index (χ0) is 16.2. The first-order valence-electron chi connectivity index (χ1n) is 6.86. The summed E-state index contributed by atoms with van der Waals surface area (Å²) in [5.74, 6) is 1.04. The van der Waals surface area contributed by atoms with Gasteiger partial charge in [0.2, 0.25) is 5.82 Å². The summed E-state index contributed by atoms with van der Waals surface area (Å²) in [5.41, 5.74) is 0.793. The summed E-state index contributed by atoms with van der Waals surface area (Å²) in [4.78, 5) is 17.7. The van der Waals surface area contributed by atoms with Crippen molar-refractivity contribution < 1.29 is 18.8 Å². The van der Waals surface area contributed by atoms with E-state index >= 15 is 0 Å². The highest BCUT2D eigenvalue weighted by Crippen LogP contribution is 2.20. The normalized spacial score (nSPS) is 10.5. The number of benzene rings is 1. The smallest absolute Gasteiger partial charge is 0.348 e. The maximum atomic E-state index is 11.9. The fourth-order valence-electron chi connectivity index (χ4n) is 1.91. The molecule has 0 radical (unpaired) electrons. The van der Waals surface area contributed by atoms with Crippen molar-refractivity contribution in [1.29, 1.82) is 0 Å². The molecule has 0 atom stereocenters. The van der Waals surface area contributed by atoms with Crippen molar-refractivity contribution in [2.75, 3.05) is 7.11 Å². The predicted octanol–water partition coefficient (Wildman–Crippen LogP) is 3.47. The van der Waals surface area contributed by atoms with E-state index in [4.69, 9.17) is 14.0 Å². The van der Waals surface area contributed by atoms with Crippen LogP contribution in [-0.2, 0) is 11.3 Å². The van der Waals surface area contributed by atoms with Crippen LogP contribution in [0.5, 0.6) is 5.75 Å². The zero-order valence-corrected chi connectivity index (χ0v) is 13.4. The van der Waals surface area contributed by atoms with E-state index in [0.29, 0.717) is 10.7 Å². The number of aryl methyl sites for hydroxylation is 1. The van der Waals surface area contributed by atoms with Gasteiger partial charge in [0.15, 0.2) is 6.61 Å². The number of aromatic nitrogens is 2. The van der Waals surface area contributed by atoms with E-state index in [9.17, 15) is 4.79 Å². The fraction of sp³-hybridized carbons (Fsp3) is 0.188. The molecule has 0 amide bonds. The third kappa shape index (κ3) is 3.57. The maximum absolute atomic E-state index is 11.9. The van der Waals surface area contributed by atoms with Gasteiger partial charge in [-0.1, -0.05) is 5.16 Å². The molecule has 0 aliphatic heterocycles. The topological polar surface area (TPSA) is 74.5 Å². The molecular formula is C16H14N2O4S. The molecule has 3 rings (SSSR count). The third-order valence-electron chi connectivity index (χ3n) is 3.08. The molecule has 2 heterocycles. The summed E-state index contributed by atoms with van der Waals surface area (Å²) >= 11 is 1.38. The SMILES string of the molecule is COc1ccc(-c2noc(COC(=O)c3ccc(C)s3)n2)cc1. The van der Waals surface area contributed by atoms with Gasteiger partial charge in [0.1, 0.15) is 10.6 Å². The highest BCUT2D eigenvalue weighted by Gasteiger charge is 2.13. The summed E-state index contributed by atoms with van der Waals surface area (Å²) in [6.45, 7) is 1.87. The van der Waals surface area contributed by atoms with E-state index in [1.165, 1.54) is 11.3 Å². The van der Waals surface area contributed by atoms with Crippen LogP contribution in [0.4, 0.5) is 0 Å². The number of methoxy groups -OCH3 is 1. The molecule has 0 aliphatic rings. The van der Waals surface area contributed by atoms with Gasteiger partial charge in [-0.15, -0.1) is 11.3 Å². The molecule has 0 fully saturated rings. The average molecular weight is 330 g/mol. The fourth-order valence-corrected chi connectivity index (χ4v) is 2.67. The van der Waals surface area contributed by atoms with Gasteiger partial charge in [0.05, 0.1) is 7.11 Å². The standard InChI is InChI=1S/C16H14N2O4S/c1-10-3-8-13(23-10)16(19)21-9-14-17-15(18-22-14)11-4-6-12(20-2)7-5-11/h3-8H,9H2,1-2H3. The zero-order valence-electron chi connectivity index (χ0n) is 12.6. The molecule has 23 heavy (non-hydrogen) atoms. The maximum Gasteiger partial charge on any atom is 0.348 e. The van der Waals surface area contributed by atoms with Crippen LogP contribution < -0.4 is 4.74 Å². The van der Waals surface area contributed by atoms with E-state index in [2.05, 4.69) is 10.1 Å². The number of carbonyl (C=O) groups is 1. The number of carbonyl (C=O) groups excluding carboxylic acids is 1. The van der Waals surface area contributed by atoms with Crippen molar-refractivity contribution in [2.24, 2.45) is 0 Å².